The third kappa shape index (κ3) is 6.43. The monoisotopic (exact) mass is 481 g/mol. The summed E-state index contributed by atoms with van der Waals surface area (Å²) in [5.41, 5.74) is 0.758. The molecular formula is C25H23NO7S. The Morgan fingerprint density at radius 2 is 1.65 bits per heavy atom. The van der Waals surface area contributed by atoms with Crippen LogP contribution in [-0.4, -0.2) is 34.7 Å². The van der Waals surface area contributed by atoms with Gasteiger partial charge < -0.3 is 14.6 Å². The Hall–Kier alpha value is -3.69. The van der Waals surface area contributed by atoms with Crippen molar-refractivity contribution in [2.24, 2.45) is 0 Å². The van der Waals surface area contributed by atoms with Crippen molar-refractivity contribution < 1.29 is 29.1 Å². The highest BCUT2D eigenvalue weighted by molar-refractivity contribution is 7.99. The Morgan fingerprint density at radius 3 is 2.29 bits per heavy atom. The first kappa shape index (κ1) is 24.9. The fourth-order valence-corrected chi connectivity index (χ4v) is 4.26. The molecule has 0 saturated heterocycles. The lowest BCUT2D eigenvalue weighted by Crippen LogP contribution is -2.28. The van der Waals surface area contributed by atoms with E-state index in [0.29, 0.717) is 22.4 Å². The highest BCUT2D eigenvalue weighted by Gasteiger charge is 2.32. The molecule has 34 heavy (non-hydrogen) atoms. The van der Waals surface area contributed by atoms with Crippen molar-refractivity contribution in [3.05, 3.63) is 100 Å². The first-order valence-electron chi connectivity index (χ1n) is 10.5. The fraction of sp³-hybridized carbons (Fsp3) is 0.200. The average molecular weight is 482 g/mol. The van der Waals surface area contributed by atoms with E-state index in [-0.39, 0.29) is 18.0 Å². The van der Waals surface area contributed by atoms with E-state index in [9.17, 15) is 24.8 Å². The molecule has 0 heterocycles. The number of benzene rings is 3. The van der Waals surface area contributed by atoms with Crippen molar-refractivity contribution in [1.82, 2.24) is 0 Å². The number of nitro benzene ring substituents is 1. The van der Waals surface area contributed by atoms with Gasteiger partial charge in [-0.25, -0.2) is 9.59 Å². The largest absolute Gasteiger partial charge is 0.464 e. The van der Waals surface area contributed by atoms with Gasteiger partial charge in [-0.2, -0.15) is 0 Å². The third-order valence-electron chi connectivity index (χ3n) is 4.72. The van der Waals surface area contributed by atoms with Crippen LogP contribution in [0, 0.1) is 10.1 Å². The molecule has 0 spiro atoms. The van der Waals surface area contributed by atoms with Gasteiger partial charge in [0.15, 0.2) is 6.10 Å². The van der Waals surface area contributed by atoms with Gasteiger partial charge in [0.05, 0.1) is 27.2 Å². The van der Waals surface area contributed by atoms with Crippen LogP contribution in [0.25, 0.3) is 0 Å². The van der Waals surface area contributed by atoms with Crippen LogP contribution < -0.4 is 4.74 Å². The highest BCUT2D eigenvalue weighted by atomic mass is 32.2. The van der Waals surface area contributed by atoms with Crippen LogP contribution in [0.5, 0.6) is 5.75 Å². The molecule has 3 aromatic rings. The standard InChI is InChI=1S/C25H23NO7S/c1-2-16-32-25(29)22(27)23(34-21-11-7-6-10-20(21)26(30)31)17-12-14-19(15-13-17)33-24(28)18-8-4-3-5-9-18/h3-15,22-23,27H,2,16H2,1H3/t22-,23+/m1/s1. The Kier molecular flexibility index (Phi) is 8.78. The second kappa shape index (κ2) is 12.0. The van der Waals surface area contributed by atoms with Gasteiger partial charge in [-0.3, -0.25) is 10.1 Å². The van der Waals surface area contributed by atoms with Crippen molar-refractivity contribution >= 4 is 29.4 Å². The molecule has 176 valence electrons. The first-order chi connectivity index (χ1) is 16.4. The van der Waals surface area contributed by atoms with Crippen molar-refractivity contribution in [2.45, 2.75) is 29.6 Å². The number of ether oxygens (including phenoxy) is 2. The molecule has 1 N–H and O–H groups in total. The maximum absolute atomic E-state index is 12.4. The number of thioether (sulfide) groups is 1. The molecule has 2 atom stereocenters. The number of carbonyl (C=O) groups is 2. The molecule has 0 saturated carbocycles. The van der Waals surface area contributed by atoms with Gasteiger partial charge in [0.2, 0.25) is 0 Å². The number of esters is 2. The van der Waals surface area contributed by atoms with Crippen molar-refractivity contribution in [2.75, 3.05) is 6.61 Å². The van der Waals surface area contributed by atoms with E-state index >= 15 is 0 Å². The van der Waals surface area contributed by atoms with Gasteiger partial charge in [0.1, 0.15) is 5.75 Å². The minimum absolute atomic E-state index is 0.139. The number of rotatable bonds is 10. The molecule has 3 rings (SSSR count). The minimum Gasteiger partial charge on any atom is -0.464 e. The van der Waals surface area contributed by atoms with Gasteiger partial charge in [-0.05, 0) is 42.3 Å². The van der Waals surface area contributed by atoms with Gasteiger partial charge in [-0.15, -0.1) is 11.8 Å². The Balaban J connectivity index is 1.86. The van der Waals surface area contributed by atoms with Crippen LogP contribution >= 0.6 is 11.8 Å². The maximum Gasteiger partial charge on any atom is 0.343 e. The molecule has 0 amide bonds. The van der Waals surface area contributed by atoms with Crippen LogP contribution in [0.1, 0.15) is 34.5 Å². The number of hydrogen-bond acceptors (Lipinski definition) is 8. The summed E-state index contributed by atoms with van der Waals surface area (Å²) in [7, 11) is 0. The molecule has 0 aromatic heterocycles. The molecule has 0 bridgehead atoms. The Morgan fingerprint density at radius 1 is 1.00 bits per heavy atom. The quantitative estimate of drug-likeness (QED) is 0.142. The Labute approximate surface area is 200 Å². The number of nitro groups is 1. The zero-order valence-electron chi connectivity index (χ0n) is 18.3. The summed E-state index contributed by atoms with van der Waals surface area (Å²) in [6, 6.07) is 20.8. The molecule has 9 heteroatoms. The number of aliphatic hydroxyl groups is 1. The summed E-state index contributed by atoms with van der Waals surface area (Å²) >= 11 is 0.983. The number of aliphatic hydroxyl groups excluding tert-OH is 1. The third-order valence-corrected chi connectivity index (χ3v) is 6.10. The lowest BCUT2D eigenvalue weighted by atomic mass is 10.1. The van der Waals surface area contributed by atoms with Crippen LogP contribution in [0.15, 0.2) is 83.8 Å². The Bertz CT molecular complexity index is 1140. The molecule has 8 nitrogen and oxygen atoms in total. The van der Waals surface area contributed by atoms with E-state index in [0.717, 1.165) is 11.8 Å². The van der Waals surface area contributed by atoms with Crippen LogP contribution in [0.2, 0.25) is 0 Å². The van der Waals surface area contributed by atoms with Gasteiger partial charge >= 0.3 is 11.9 Å². The van der Waals surface area contributed by atoms with E-state index in [1.54, 1.807) is 60.7 Å². The zero-order valence-corrected chi connectivity index (χ0v) is 19.1. The van der Waals surface area contributed by atoms with E-state index < -0.39 is 28.2 Å². The van der Waals surface area contributed by atoms with E-state index in [1.807, 2.05) is 6.92 Å². The summed E-state index contributed by atoms with van der Waals surface area (Å²) in [4.78, 5) is 35.9. The smallest absolute Gasteiger partial charge is 0.343 e. The second-order valence-corrected chi connectivity index (χ2v) is 8.38. The predicted molar refractivity (Wildman–Crippen MR) is 127 cm³/mol. The zero-order chi connectivity index (χ0) is 24.5. The molecule has 0 aliphatic carbocycles. The molecule has 0 unspecified atom stereocenters. The average Bonchev–Trinajstić information content (AvgIpc) is 2.86. The van der Waals surface area contributed by atoms with Crippen molar-refractivity contribution in [3.63, 3.8) is 0 Å². The topological polar surface area (TPSA) is 116 Å². The van der Waals surface area contributed by atoms with E-state index in [1.165, 1.54) is 18.2 Å². The van der Waals surface area contributed by atoms with Crippen LogP contribution in [0.4, 0.5) is 5.69 Å². The second-order valence-electron chi connectivity index (χ2n) is 7.20. The number of para-hydroxylation sites is 1. The first-order valence-corrected chi connectivity index (χ1v) is 11.4. The SMILES string of the molecule is CCCOC(=O)[C@H](O)[C@@H](Sc1ccccc1[N+](=O)[O-])c1ccc(OC(=O)c2ccccc2)cc1. The summed E-state index contributed by atoms with van der Waals surface area (Å²) in [6.07, 6.45) is -0.990. The lowest BCUT2D eigenvalue weighted by molar-refractivity contribution is -0.387. The molecule has 0 fully saturated rings. The normalized spacial score (nSPS) is 12.4. The lowest BCUT2D eigenvalue weighted by Gasteiger charge is -2.22. The number of carbonyl (C=O) groups excluding carboxylic acids is 2. The molecule has 0 aliphatic heterocycles. The molecule has 3 aromatic carbocycles. The van der Waals surface area contributed by atoms with Crippen molar-refractivity contribution in [3.8, 4) is 5.75 Å². The molecule has 0 radical (unpaired) electrons. The summed E-state index contributed by atoms with van der Waals surface area (Å²) < 4.78 is 10.5. The van der Waals surface area contributed by atoms with Crippen molar-refractivity contribution in [1.29, 1.82) is 0 Å². The molecule has 0 aliphatic rings. The molecular weight excluding hydrogens is 458 g/mol. The minimum atomic E-state index is -1.57. The van der Waals surface area contributed by atoms with E-state index in [2.05, 4.69) is 0 Å². The van der Waals surface area contributed by atoms with E-state index in [4.69, 9.17) is 9.47 Å². The number of nitrogens with zero attached hydrogens (tertiary/aromatic N) is 1. The van der Waals surface area contributed by atoms with Gasteiger partial charge in [0.25, 0.3) is 5.69 Å². The van der Waals surface area contributed by atoms with Crippen LogP contribution in [0.3, 0.4) is 0 Å². The summed E-state index contributed by atoms with van der Waals surface area (Å²) in [5, 5.41) is 21.3. The fourth-order valence-electron chi connectivity index (χ4n) is 3.04. The number of hydrogen-bond donors (Lipinski definition) is 1. The maximum atomic E-state index is 12.4. The van der Waals surface area contributed by atoms with Gasteiger partial charge in [0, 0.05) is 6.07 Å². The predicted octanol–water partition coefficient (Wildman–Crippen LogP) is 4.96. The highest BCUT2D eigenvalue weighted by Crippen LogP contribution is 2.42. The van der Waals surface area contributed by atoms with Crippen LogP contribution in [-0.2, 0) is 9.53 Å². The van der Waals surface area contributed by atoms with Gasteiger partial charge in [-0.1, -0.05) is 49.4 Å². The summed E-state index contributed by atoms with van der Waals surface area (Å²) in [5.74, 6) is -1.07. The summed E-state index contributed by atoms with van der Waals surface area (Å²) in [6.45, 7) is 1.97.